The molecule has 0 aromatic heterocycles. The van der Waals surface area contributed by atoms with Crippen LogP contribution in [0.25, 0.3) is 0 Å². The SMILES string of the molecule is F[B-](F)(F)F.N#CC(C#N)=CC[S+](CCO)CCO. The van der Waals surface area contributed by atoms with Crippen LogP contribution < -0.4 is 0 Å². The van der Waals surface area contributed by atoms with Crippen molar-refractivity contribution in [2.45, 2.75) is 0 Å². The summed E-state index contributed by atoms with van der Waals surface area (Å²) in [5.74, 6) is 1.81. The average molecular weight is 300 g/mol. The number of aliphatic hydroxyl groups excluding tert-OH is 2. The molecule has 19 heavy (non-hydrogen) atoms. The molecule has 10 heteroatoms. The smallest absolute Gasteiger partial charge is 0.418 e. The van der Waals surface area contributed by atoms with Gasteiger partial charge in [0.2, 0.25) is 0 Å². The lowest BCUT2D eigenvalue weighted by molar-refractivity contribution is 0.316. The summed E-state index contributed by atoms with van der Waals surface area (Å²) < 4.78 is 39.0. The number of rotatable bonds is 6. The molecule has 0 aromatic rings. The Kier molecular flexibility index (Phi) is 12.5. The van der Waals surface area contributed by atoms with Crippen LogP contribution in [0.1, 0.15) is 0 Å². The molecule has 0 aliphatic carbocycles. The largest absolute Gasteiger partial charge is 0.673 e. The van der Waals surface area contributed by atoms with Gasteiger partial charge in [-0.25, -0.2) is 0 Å². The predicted molar refractivity (Wildman–Crippen MR) is 65.6 cm³/mol. The third-order valence-electron chi connectivity index (χ3n) is 1.52. The van der Waals surface area contributed by atoms with E-state index in [1.807, 2.05) is 0 Å². The van der Waals surface area contributed by atoms with E-state index in [0.717, 1.165) is 0 Å². The van der Waals surface area contributed by atoms with Crippen molar-refractivity contribution in [2.75, 3.05) is 30.5 Å². The normalized spacial score (nSPS) is 9.95. The summed E-state index contributed by atoms with van der Waals surface area (Å²) in [6.45, 7) is 0.150. The Labute approximate surface area is 111 Å². The van der Waals surface area contributed by atoms with Gasteiger partial charge in [-0.2, -0.15) is 10.5 Å². The summed E-state index contributed by atoms with van der Waals surface area (Å²) in [4.78, 5) is 0. The molecule has 0 rings (SSSR count). The minimum atomic E-state index is -6.00. The van der Waals surface area contributed by atoms with Crippen molar-refractivity contribution in [3.8, 4) is 12.1 Å². The van der Waals surface area contributed by atoms with E-state index >= 15 is 0 Å². The molecule has 108 valence electrons. The molecule has 0 aliphatic heterocycles. The number of aliphatic hydroxyl groups is 2. The van der Waals surface area contributed by atoms with E-state index in [4.69, 9.17) is 20.7 Å². The van der Waals surface area contributed by atoms with Gasteiger partial charge in [0.15, 0.2) is 0 Å². The molecule has 0 heterocycles. The monoisotopic (exact) mass is 300 g/mol. The van der Waals surface area contributed by atoms with Gasteiger partial charge in [-0.05, 0) is 17.0 Å². The highest BCUT2D eigenvalue weighted by molar-refractivity contribution is 7.97. The lowest BCUT2D eigenvalue weighted by Gasteiger charge is -2.02. The molecule has 0 fully saturated rings. The molecule has 0 aliphatic rings. The maximum atomic E-state index is 9.75. The summed E-state index contributed by atoms with van der Waals surface area (Å²) in [5, 5.41) is 34.4. The first-order chi connectivity index (χ1) is 8.78. The van der Waals surface area contributed by atoms with Gasteiger partial charge >= 0.3 is 7.25 Å². The Balaban J connectivity index is 0. The zero-order chi connectivity index (χ0) is 15.3. The Morgan fingerprint density at radius 1 is 1.05 bits per heavy atom. The van der Waals surface area contributed by atoms with E-state index < -0.39 is 7.25 Å². The number of halogens is 4. The quantitative estimate of drug-likeness (QED) is 0.330. The molecule has 0 amide bonds. The van der Waals surface area contributed by atoms with Gasteiger partial charge < -0.3 is 27.5 Å². The molecular weight excluding hydrogens is 287 g/mol. The minimum absolute atomic E-state index is 0.0748. The van der Waals surface area contributed by atoms with Gasteiger partial charge in [-0.3, -0.25) is 0 Å². The van der Waals surface area contributed by atoms with Crippen molar-refractivity contribution in [3.63, 3.8) is 0 Å². The number of allylic oxidation sites excluding steroid dienone is 1. The number of nitrogens with zero attached hydrogens (tertiary/aromatic N) is 2. The topological polar surface area (TPSA) is 88.0 Å². The molecule has 0 saturated heterocycles. The summed E-state index contributed by atoms with van der Waals surface area (Å²) in [5.41, 5.74) is 0.0957. The van der Waals surface area contributed by atoms with Crippen molar-refractivity contribution in [1.82, 2.24) is 0 Å². The first-order valence-electron chi connectivity index (χ1n) is 5.02. The van der Waals surface area contributed by atoms with Crippen LogP contribution in [0.5, 0.6) is 0 Å². The van der Waals surface area contributed by atoms with Crippen LogP contribution in [0.4, 0.5) is 17.3 Å². The van der Waals surface area contributed by atoms with Gasteiger partial charge in [0, 0.05) is 0 Å². The van der Waals surface area contributed by atoms with E-state index in [1.165, 1.54) is 0 Å². The maximum Gasteiger partial charge on any atom is 0.673 e. The van der Waals surface area contributed by atoms with Crippen LogP contribution in [-0.4, -0.2) is 47.9 Å². The molecule has 0 saturated carbocycles. The van der Waals surface area contributed by atoms with Gasteiger partial charge in [0.05, 0.1) is 13.2 Å². The fraction of sp³-hybridized carbons (Fsp3) is 0.556. The highest BCUT2D eigenvalue weighted by Crippen LogP contribution is 2.06. The fourth-order valence-corrected chi connectivity index (χ4v) is 2.30. The molecule has 0 bridgehead atoms. The molecule has 0 spiro atoms. The third-order valence-corrected chi connectivity index (χ3v) is 3.68. The van der Waals surface area contributed by atoms with Crippen molar-refractivity contribution in [1.29, 1.82) is 10.5 Å². The Morgan fingerprint density at radius 3 is 1.68 bits per heavy atom. The van der Waals surface area contributed by atoms with E-state index in [-0.39, 0.29) is 29.7 Å². The van der Waals surface area contributed by atoms with Crippen LogP contribution >= 0.6 is 0 Å². The van der Waals surface area contributed by atoms with Gasteiger partial charge in [-0.1, -0.05) is 0 Å². The minimum Gasteiger partial charge on any atom is -0.418 e. The lowest BCUT2D eigenvalue weighted by atomic mass is 10.3. The van der Waals surface area contributed by atoms with E-state index in [1.54, 1.807) is 18.2 Å². The summed E-state index contributed by atoms with van der Waals surface area (Å²) in [7, 11) is -6.13. The second kappa shape index (κ2) is 11.8. The Bertz CT molecular complexity index is 324. The van der Waals surface area contributed by atoms with Gasteiger partial charge in [-0.15, -0.1) is 0 Å². The van der Waals surface area contributed by atoms with Crippen LogP contribution in [-0.2, 0) is 10.9 Å². The van der Waals surface area contributed by atoms with Crippen LogP contribution in [0, 0.1) is 22.7 Å². The van der Waals surface area contributed by atoms with E-state index in [0.29, 0.717) is 17.3 Å². The fourth-order valence-electron chi connectivity index (χ4n) is 0.844. The number of nitriles is 2. The third kappa shape index (κ3) is 19.3. The zero-order valence-electron chi connectivity index (χ0n) is 9.90. The first kappa shape index (κ1) is 20.1. The first-order valence-corrected chi connectivity index (χ1v) is 6.75. The summed E-state index contributed by atoms with van der Waals surface area (Å²) in [6, 6.07) is 3.54. The maximum absolute atomic E-state index is 9.75. The number of hydrogen-bond donors (Lipinski definition) is 2. The van der Waals surface area contributed by atoms with Crippen LogP contribution in [0.3, 0.4) is 0 Å². The molecule has 0 aromatic carbocycles. The lowest BCUT2D eigenvalue weighted by Crippen LogP contribution is -2.20. The van der Waals surface area contributed by atoms with Gasteiger partial charge in [0.1, 0.15) is 35.0 Å². The molecule has 0 unspecified atom stereocenters. The predicted octanol–water partition coefficient (Wildman–Crippen LogP) is 0.863. The molecular formula is C9H13BF4N2O2S. The van der Waals surface area contributed by atoms with Gasteiger partial charge in [0.25, 0.3) is 0 Å². The Hall–Kier alpha value is -1.23. The summed E-state index contributed by atoms with van der Waals surface area (Å²) in [6.07, 6.45) is 1.56. The van der Waals surface area contributed by atoms with Crippen LogP contribution in [0.2, 0.25) is 0 Å². The van der Waals surface area contributed by atoms with E-state index in [9.17, 15) is 17.3 Å². The zero-order valence-corrected chi connectivity index (χ0v) is 10.7. The second-order valence-corrected chi connectivity index (χ2v) is 5.35. The van der Waals surface area contributed by atoms with Crippen LogP contribution in [0.15, 0.2) is 11.6 Å². The number of hydrogen-bond acceptors (Lipinski definition) is 4. The molecule has 4 nitrogen and oxygen atoms in total. The summed E-state index contributed by atoms with van der Waals surface area (Å²) >= 11 is 0. The highest BCUT2D eigenvalue weighted by atomic mass is 32.2. The van der Waals surface area contributed by atoms with Crippen molar-refractivity contribution in [3.05, 3.63) is 11.6 Å². The molecule has 2 N–H and O–H groups in total. The molecule has 0 radical (unpaired) electrons. The van der Waals surface area contributed by atoms with Crippen molar-refractivity contribution < 1.29 is 27.5 Å². The second-order valence-electron chi connectivity index (χ2n) is 2.97. The van der Waals surface area contributed by atoms with E-state index in [2.05, 4.69) is 0 Å². The average Bonchev–Trinajstić information content (AvgIpc) is 2.28. The van der Waals surface area contributed by atoms with Crippen molar-refractivity contribution >= 4 is 18.1 Å². The highest BCUT2D eigenvalue weighted by Gasteiger charge is 2.20. The Morgan fingerprint density at radius 2 is 1.42 bits per heavy atom. The van der Waals surface area contributed by atoms with Crippen molar-refractivity contribution in [2.24, 2.45) is 0 Å². The molecule has 0 atom stereocenters. The standard InChI is InChI=1S/C9H13N2O2S.BF4/c10-7-9(8-11)1-4-14(5-2-12)6-3-13;2-1(3,4)5/h1,12-13H,2-6H2;/q+1;-1.